The van der Waals surface area contributed by atoms with Gasteiger partial charge >= 0.3 is 12.0 Å². The predicted molar refractivity (Wildman–Crippen MR) is 75.5 cm³/mol. The summed E-state index contributed by atoms with van der Waals surface area (Å²) >= 11 is 0. The Morgan fingerprint density at radius 2 is 2.05 bits per heavy atom. The summed E-state index contributed by atoms with van der Waals surface area (Å²) in [5, 5.41) is 14.7. The van der Waals surface area contributed by atoms with Crippen molar-refractivity contribution in [1.29, 1.82) is 0 Å². The van der Waals surface area contributed by atoms with E-state index in [1.54, 1.807) is 0 Å². The van der Waals surface area contributed by atoms with Gasteiger partial charge in [0, 0.05) is 24.3 Å². The molecule has 2 amide bonds. The lowest BCUT2D eigenvalue weighted by Gasteiger charge is -2.06. The second-order valence-electron chi connectivity index (χ2n) is 4.63. The minimum absolute atomic E-state index is 0.0813. The monoisotopic (exact) mass is 275 g/mol. The number of amides is 2. The maximum Gasteiger partial charge on any atom is 0.315 e. The highest BCUT2D eigenvalue weighted by atomic mass is 16.4. The number of urea groups is 1. The quantitative estimate of drug-likeness (QED) is 0.669. The molecule has 4 N–H and O–H groups in total. The van der Waals surface area contributed by atoms with Gasteiger partial charge in [-0.25, -0.2) is 4.79 Å². The standard InChI is InChI=1S/C14H17N3O3/c1-9-6-11-7-10(2-3-12(11)17-9)8-16-14(20)15-5-4-13(18)19/h2-3,6-7,17H,4-5,8H2,1H3,(H,18,19)(H2,15,16,20). The van der Waals surface area contributed by atoms with Crippen molar-refractivity contribution in [2.24, 2.45) is 0 Å². The number of hydrogen-bond acceptors (Lipinski definition) is 2. The Kier molecular flexibility index (Phi) is 4.24. The average Bonchev–Trinajstić information content (AvgIpc) is 2.75. The number of aliphatic carboxylic acids is 1. The van der Waals surface area contributed by atoms with Gasteiger partial charge in [0.15, 0.2) is 0 Å². The zero-order chi connectivity index (χ0) is 14.5. The molecule has 0 saturated heterocycles. The number of carbonyl (C=O) groups excluding carboxylic acids is 1. The van der Waals surface area contributed by atoms with Crippen LogP contribution in [0.15, 0.2) is 24.3 Å². The molecule has 0 aliphatic heterocycles. The third-order valence-corrected chi connectivity index (χ3v) is 2.90. The number of H-pyrrole nitrogens is 1. The first-order valence-corrected chi connectivity index (χ1v) is 6.36. The van der Waals surface area contributed by atoms with Gasteiger partial charge in [-0.15, -0.1) is 0 Å². The molecule has 0 aliphatic rings. The molecule has 0 saturated carbocycles. The maximum atomic E-state index is 11.4. The molecule has 0 radical (unpaired) electrons. The van der Waals surface area contributed by atoms with Crippen LogP contribution in [0.5, 0.6) is 0 Å². The van der Waals surface area contributed by atoms with Crippen molar-refractivity contribution in [2.45, 2.75) is 19.9 Å². The molecule has 2 rings (SSSR count). The Morgan fingerprint density at radius 3 is 2.80 bits per heavy atom. The van der Waals surface area contributed by atoms with Crippen LogP contribution >= 0.6 is 0 Å². The number of nitrogens with one attached hydrogen (secondary N) is 3. The number of carboxylic acids is 1. The Morgan fingerprint density at radius 1 is 1.25 bits per heavy atom. The zero-order valence-electron chi connectivity index (χ0n) is 11.2. The Bertz CT molecular complexity index is 634. The molecule has 6 nitrogen and oxygen atoms in total. The lowest BCUT2D eigenvalue weighted by molar-refractivity contribution is -0.136. The van der Waals surface area contributed by atoms with E-state index in [1.807, 2.05) is 31.2 Å². The van der Waals surface area contributed by atoms with Crippen molar-refractivity contribution in [3.05, 3.63) is 35.5 Å². The van der Waals surface area contributed by atoms with Crippen molar-refractivity contribution in [3.8, 4) is 0 Å². The highest BCUT2D eigenvalue weighted by molar-refractivity contribution is 5.81. The molecular weight excluding hydrogens is 258 g/mol. The number of aromatic nitrogens is 1. The van der Waals surface area contributed by atoms with Crippen LogP contribution in [0, 0.1) is 6.92 Å². The summed E-state index contributed by atoms with van der Waals surface area (Å²) in [5.74, 6) is -0.932. The van der Waals surface area contributed by atoms with Crippen LogP contribution in [0.1, 0.15) is 17.7 Å². The molecule has 0 spiro atoms. The Hall–Kier alpha value is -2.50. The number of aryl methyl sites for hydroxylation is 1. The number of rotatable bonds is 5. The fraction of sp³-hybridized carbons (Fsp3) is 0.286. The van der Waals surface area contributed by atoms with Gasteiger partial charge < -0.3 is 20.7 Å². The molecule has 106 valence electrons. The van der Waals surface area contributed by atoms with Crippen molar-refractivity contribution < 1.29 is 14.7 Å². The summed E-state index contributed by atoms with van der Waals surface area (Å²) in [5.41, 5.74) is 3.15. The Labute approximate surface area is 116 Å². The molecule has 1 heterocycles. The molecule has 0 atom stereocenters. The maximum absolute atomic E-state index is 11.4. The number of carbonyl (C=O) groups is 2. The summed E-state index contributed by atoms with van der Waals surface area (Å²) in [7, 11) is 0. The third-order valence-electron chi connectivity index (χ3n) is 2.90. The summed E-state index contributed by atoms with van der Waals surface area (Å²) < 4.78 is 0. The predicted octanol–water partition coefficient (Wildman–Crippen LogP) is 1.75. The van der Waals surface area contributed by atoms with Crippen LogP contribution in [-0.4, -0.2) is 28.6 Å². The summed E-state index contributed by atoms with van der Waals surface area (Å²) in [6, 6.07) is 7.61. The van der Waals surface area contributed by atoms with E-state index in [-0.39, 0.29) is 19.0 Å². The second-order valence-corrected chi connectivity index (χ2v) is 4.63. The molecule has 0 unspecified atom stereocenters. The minimum atomic E-state index is -0.932. The minimum Gasteiger partial charge on any atom is -0.481 e. The fourth-order valence-corrected chi connectivity index (χ4v) is 1.96. The van der Waals surface area contributed by atoms with Crippen LogP contribution in [0.4, 0.5) is 4.79 Å². The molecule has 6 heteroatoms. The van der Waals surface area contributed by atoms with E-state index < -0.39 is 5.97 Å². The number of fused-ring (bicyclic) bond motifs is 1. The SMILES string of the molecule is Cc1cc2cc(CNC(=O)NCCC(=O)O)ccc2[nH]1. The van der Waals surface area contributed by atoms with Crippen molar-refractivity contribution >= 4 is 22.9 Å². The van der Waals surface area contributed by atoms with E-state index in [0.717, 1.165) is 22.2 Å². The number of carboxylic acid groups (broad SMARTS) is 1. The topological polar surface area (TPSA) is 94.2 Å². The lowest BCUT2D eigenvalue weighted by Crippen LogP contribution is -2.36. The lowest BCUT2D eigenvalue weighted by atomic mass is 10.1. The molecule has 20 heavy (non-hydrogen) atoms. The average molecular weight is 275 g/mol. The largest absolute Gasteiger partial charge is 0.481 e. The highest BCUT2D eigenvalue weighted by Crippen LogP contribution is 2.16. The summed E-state index contributed by atoms with van der Waals surface area (Å²) in [6.45, 7) is 2.52. The highest BCUT2D eigenvalue weighted by Gasteiger charge is 2.03. The zero-order valence-corrected chi connectivity index (χ0v) is 11.2. The molecule has 0 bridgehead atoms. The number of aromatic amines is 1. The van der Waals surface area contributed by atoms with Crippen LogP contribution in [-0.2, 0) is 11.3 Å². The van der Waals surface area contributed by atoms with E-state index in [9.17, 15) is 9.59 Å². The van der Waals surface area contributed by atoms with Gasteiger partial charge in [-0.1, -0.05) is 6.07 Å². The van der Waals surface area contributed by atoms with Gasteiger partial charge in [-0.2, -0.15) is 0 Å². The number of hydrogen-bond donors (Lipinski definition) is 4. The van der Waals surface area contributed by atoms with Crippen LogP contribution < -0.4 is 10.6 Å². The van der Waals surface area contributed by atoms with Crippen molar-refractivity contribution in [1.82, 2.24) is 15.6 Å². The smallest absolute Gasteiger partial charge is 0.315 e. The number of benzene rings is 1. The normalized spacial score (nSPS) is 10.4. The third kappa shape index (κ3) is 3.74. The first kappa shape index (κ1) is 13.9. The van der Waals surface area contributed by atoms with E-state index in [2.05, 4.69) is 15.6 Å². The second kappa shape index (κ2) is 6.10. The van der Waals surface area contributed by atoms with Crippen LogP contribution in [0.3, 0.4) is 0 Å². The van der Waals surface area contributed by atoms with Gasteiger partial charge in [0.05, 0.1) is 6.42 Å². The fourth-order valence-electron chi connectivity index (χ4n) is 1.96. The van der Waals surface area contributed by atoms with E-state index in [1.165, 1.54) is 0 Å². The molecule has 1 aromatic carbocycles. The van der Waals surface area contributed by atoms with Crippen molar-refractivity contribution in [2.75, 3.05) is 6.54 Å². The van der Waals surface area contributed by atoms with E-state index >= 15 is 0 Å². The van der Waals surface area contributed by atoms with Gasteiger partial charge in [0.2, 0.25) is 0 Å². The van der Waals surface area contributed by atoms with Crippen molar-refractivity contribution in [3.63, 3.8) is 0 Å². The molecule has 0 fully saturated rings. The Balaban J connectivity index is 1.85. The summed E-state index contributed by atoms with van der Waals surface area (Å²) in [6.07, 6.45) is -0.0813. The molecular formula is C14H17N3O3. The summed E-state index contributed by atoms with van der Waals surface area (Å²) in [4.78, 5) is 25.0. The van der Waals surface area contributed by atoms with Gasteiger partial charge in [-0.05, 0) is 36.1 Å². The first-order valence-electron chi connectivity index (χ1n) is 6.36. The van der Waals surface area contributed by atoms with Gasteiger partial charge in [-0.3, -0.25) is 4.79 Å². The van der Waals surface area contributed by atoms with Crippen LogP contribution in [0.2, 0.25) is 0 Å². The van der Waals surface area contributed by atoms with Gasteiger partial charge in [0.1, 0.15) is 0 Å². The van der Waals surface area contributed by atoms with Gasteiger partial charge in [0.25, 0.3) is 0 Å². The van der Waals surface area contributed by atoms with E-state index in [0.29, 0.717) is 6.54 Å². The van der Waals surface area contributed by atoms with E-state index in [4.69, 9.17) is 5.11 Å². The molecule has 2 aromatic rings. The first-order chi connectivity index (χ1) is 9.54. The molecule has 0 aliphatic carbocycles. The molecule has 1 aromatic heterocycles. The van der Waals surface area contributed by atoms with Crippen LogP contribution in [0.25, 0.3) is 10.9 Å².